The van der Waals surface area contributed by atoms with Gasteiger partial charge >= 0.3 is 0 Å². The molecule has 1 aromatic carbocycles. The molecule has 2 unspecified atom stereocenters. The Kier molecular flexibility index (Phi) is 3.46. The molecule has 1 saturated heterocycles. The van der Waals surface area contributed by atoms with E-state index in [4.69, 9.17) is 11.6 Å². The Bertz CT molecular complexity index is 429. The summed E-state index contributed by atoms with van der Waals surface area (Å²) >= 11 is 6.17. The molecule has 2 aliphatic heterocycles. The summed E-state index contributed by atoms with van der Waals surface area (Å²) < 4.78 is 0. The van der Waals surface area contributed by atoms with Crippen LogP contribution in [0.2, 0.25) is 5.02 Å². The van der Waals surface area contributed by atoms with Crippen LogP contribution in [0.1, 0.15) is 18.5 Å². The maximum atomic E-state index is 6.17. The molecule has 0 radical (unpaired) electrons. The molecule has 0 bridgehead atoms. The average Bonchev–Trinajstić information content (AvgIpc) is 2.39. The van der Waals surface area contributed by atoms with Crippen LogP contribution < -0.4 is 10.6 Å². The Morgan fingerprint density at radius 1 is 1.28 bits per heavy atom. The third-order valence-corrected chi connectivity index (χ3v) is 4.27. The van der Waals surface area contributed by atoms with E-state index in [-0.39, 0.29) is 0 Å². The van der Waals surface area contributed by atoms with Crippen molar-refractivity contribution in [1.29, 1.82) is 0 Å². The lowest BCUT2D eigenvalue weighted by molar-refractivity contribution is 0.132. The first-order chi connectivity index (χ1) is 8.75. The fourth-order valence-corrected chi connectivity index (χ4v) is 3.33. The fourth-order valence-electron chi connectivity index (χ4n) is 3.15. The SMILES string of the molecule is CC1CNc2ccc(Cl)cc2C1N1CCNCC1. The second-order valence-corrected chi connectivity index (χ2v) is 5.76. The van der Waals surface area contributed by atoms with Crippen LogP contribution in [-0.4, -0.2) is 37.6 Å². The van der Waals surface area contributed by atoms with Crippen molar-refractivity contribution in [2.45, 2.75) is 13.0 Å². The van der Waals surface area contributed by atoms with Crippen molar-refractivity contribution >= 4 is 17.3 Å². The van der Waals surface area contributed by atoms with E-state index in [0.29, 0.717) is 12.0 Å². The summed E-state index contributed by atoms with van der Waals surface area (Å²) in [6, 6.07) is 6.71. The number of fused-ring (bicyclic) bond motifs is 1. The summed E-state index contributed by atoms with van der Waals surface area (Å²) in [5.41, 5.74) is 2.61. The minimum Gasteiger partial charge on any atom is -0.384 e. The van der Waals surface area contributed by atoms with Gasteiger partial charge in [-0.05, 0) is 29.7 Å². The molecular weight excluding hydrogens is 246 g/mol. The fraction of sp³-hybridized carbons (Fsp3) is 0.571. The van der Waals surface area contributed by atoms with Gasteiger partial charge in [-0.15, -0.1) is 0 Å². The standard InChI is InChI=1S/C14H20ClN3/c1-10-9-17-13-3-2-11(15)8-12(13)14(10)18-6-4-16-5-7-18/h2-3,8,10,14,16-17H,4-7,9H2,1H3. The van der Waals surface area contributed by atoms with Crippen molar-refractivity contribution in [2.24, 2.45) is 5.92 Å². The maximum Gasteiger partial charge on any atom is 0.0412 e. The molecule has 3 nitrogen and oxygen atoms in total. The number of hydrogen-bond acceptors (Lipinski definition) is 3. The highest BCUT2D eigenvalue weighted by Gasteiger charge is 2.32. The van der Waals surface area contributed by atoms with Crippen molar-refractivity contribution in [2.75, 3.05) is 38.0 Å². The van der Waals surface area contributed by atoms with E-state index in [9.17, 15) is 0 Å². The maximum absolute atomic E-state index is 6.17. The topological polar surface area (TPSA) is 27.3 Å². The number of nitrogens with zero attached hydrogens (tertiary/aromatic N) is 1. The summed E-state index contributed by atoms with van der Waals surface area (Å²) in [5, 5.41) is 7.77. The van der Waals surface area contributed by atoms with Crippen molar-refractivity contribution in [3.8, 4) is 0 Å². The third kappa shape index (κ3) is 2.22. The highest BCUT2D eigenvalue weighted by Crippen LogP contribution is 2.38. The molecule has 0 amide bonds. The molecule has 18 heavy (non-hydrogen) atoms. The molecule has 98 valence electrons. The largest absolute Gasteiger partial charge is 0.384 e. The highest BCUT2D eigenvalue weighted by molar-refractivity contribution is 6.30. The van der Waals surface area contributed by atoms with E-state index < -0.39 is 0 Å². The van der Waals surface area contributed by atoms with Crippen LogP contribution in [0.4, 0.5) is 5.69 Å². The molecule has 0 saturated carbocycles. The van der Waals surface area contributed by atoms with Crippen LogP contribution in [0.25, 0.3) is 0 Å². The third-order valence-electron chi connectivity index (χ3n) is 4.03. The molecule has 0 aromatic heterocycles. The molecule has 4 heteroatoms. The van der Waals surface area contributed by atoms with Gasteiger partial charge in [0.25, 0.3) is 0 Å². The number of halogens is 1. The molecule has 2 N–H and O–H groups in total. The molecule has 1 aromatic rings. The quantitative estimate of drug-likeness (QED) is 0.816. The van der Waals surface area contributed by atoms with E-state index in [0.717, 1.165) is 37.7 Å². The van der Waals surface area contributed by atoms with Crippen LogP contribution in [0, 0.1) is 5.92 Å². The van der Waals surface area contributed by atoms with E-state index in [1.807, 2.05) is 6.07 Å². The van der Waals surface area contributed by atoms with Gasteiger partial charge in [0.15, 0.2) is 0 Å². The van der Waals surface area contributed by atoms with Gasteiger partial charge in [0, 0.05) is 49.5 Å². The first-order valence-corrected chi connectivity index (χ1v) is 7.11. The van der Waals surface area contributed by atoms with E-state index in [2.05, 4.69) is 34.6 Å². The summed E-state index contributed by atoms with van der Waals surface area (Å²) in [5.74, 6) is 0.620. The zero-order chi connectivity index (χ0) is 12.5. The van der Waals surface area contributed by atoms with Gasteiger partial charge in [-0.2, -0.15) is 0 Å². The molecular formula is C14H20ClN3. The van der Waals surface area contributed by atoms with E-state index in [1.165, 1.54) is 11.3 Å². The van der Waals surface area contributed by atoms with Gasteiger partial charge in [-0.3, -0.25) is 4.90 Å². The number of benzene rings is 1. The molecule has 0 aliphatic carbocycles. The van der Waals surface area contributed by atoms with Gasteiger partial charge in [0.05, 0.1) is 0 Å². The van der Waals surface area contributed by atoms with Gasteiger partial charge in [0.2, 0.25) is 0 Å². The van der Waals surface area contributed by atoms with Crippen LogP contribution in [0.15, 0.2) is 18.2 Å². The smallest absolute Gasteiger partial charge is 0.0412 e. The van der Waals surface area contributed by atoms with Crippen molar-refractivity contribution < 1.29 is 0 Å². The van der Waals surface area contributed by atoms with Crippen LogP contribution in [0.3, 0.4) is 0 Å². The number of anilines is 1. The first-order valence-electron chi connectivity index (χ1n) is 6.74. The van der Waals surface area contributed by atoms with Gasteiger partial charge < -0.3 is 10.6 Å². The lowest BCUT2D eigenvalue weighted by atomic mass is 9.88. The highest BCUT2D eigenvalue weighted by atomic mass is 35.5. The molecule has 2 atom stereocenters. The first kappa shape index (κ1) is 12.3. The predicted molar refractivity (Wildman–Crippen MR) is 76.3 cm³/mol. The number of piperazine rings is 1. The normalized spacial score (nSPS) is 28.6. The van der Waals surface area contributed by atoms with Gasteiger partial charge in [0.1, 0.15) is 0 Å². The number of nitrogens with one attached hydrogen (secondary N) is 2. The minimum atomic E-state index is 0.502. The van der Waals surface area contributed by atoms with Crippen LogP contribution >= 0.6 is 11.6 Å². The van der Waals surface area contributed by atoms with Crippen molar-refractivity contribution in [3.05, 3.63) is 28.8 Å². The van der Waals surface area contributed by atoms with E-state index >= 15 is 0 Å². The molecule has 0 spiro atoms. The summed E-state index contributed by atoms with van der Waals surface area (Å²) in [6.45, 7) is 7.80. The van der Waals surface area contributed by atoms with E-state index in [1.54, 1.807) is 0 Å². The second-order valence-electron chi connectivity index (χ2n) is 5.32. The zero-order valence-electron chi connectivity index (χ0n) is 10.7. The van der Waals surface area contributed by atoms with Crippen LogP contribution in [-0.2, 0) is 0 Å². The Labute approximate surface area is 114 Å². The van der Waals surface area contributed by atoms with Crippen LogP contribution in [0.5, 0.6) is 0 Å². The zero-order valence-corrected chi connectivity index (χ0v) is 11.5. The van der Waals surface area contributed by atoms with Gasteiger partial charge in [-0.1, -0.05) is 18.5 Å². The summed E-state index contributed by atoms with van der Waals surface area (Å²) in [7, 11) is 0. The summed E-state index contributed by atoms with van der Waals surface area (Å²) in [6.07, 6.45) is 0. The Morgan fingerprint density at radius 2 is 2.06 bits per heavy atom. The Balaban J connectivity index is 1.95. The van der Waals surface area contributed by atoms with Gasteiger partial charge in [-0.25, -0.2) is 0 Å². The number of rotatable bonds is 1. The predicted octanol–water partition coefficient (Wildman–Crippen LogP) is 2.35. The lowest BCUT2D eigenvalue weighted by Gasteiger charge is -2.42. The average molecular weight is 266 g/mol. The Hall–Kier alpha value is -0.770. The lowest BCUT2D eigenvalue weighted by Crippen LogP contribution is -2.48. The number of hydrogen-bond donors (Lipinski definition) is 2. The Morgan fingerprint density at radius 3 is 2.83 bits per heavy atom. The minimum absolute atomic E-state index is 0.502. The molecule has 1 fully saturated rings. The monoisotopic (exact) mass is 265 g/mol. The molecule has 2 heterocycles. The molecule has 3 rings (SSSR count). The summed E-state index contributed by atoms with van der Waals surface area (Å²) in [4.78, 5) is 2.59. The second kappa shape index (κ2) is 5.08. The van der Waals surface area contributed by atoms with Crippen molar-refractivity contribution in [1.82, 2.24) is 10.2 Å². The van der Waals surface area contributed by atoms with Crippen molar-refractivity contribution in [3.63, 3.8) is 0 Å². The molecule has 2 aliphatic rings.